The lowest BCUT2D eigenvalue weighted by Gasteiger charge is -1.60. The molecule has 0 saturated heterocycles. The Labute approximate surface area is 49.7 Å². The van der Waals surface area contributed by atoms with E-state index in [2.05, 4.69) is 0 Å². The fraction of sp³-hybridized carbons (Fsp3) is 0. The maximum absolute atomic E-state index is 8.56. The molecular weight excluding hydrogens is 134 g/mol. The van der Waals surface area contributed by atoms with Crippen molar-refractivity contribution in [1.29, 1.82) is 0 Å². The Morgan fingerprint density at radius 2 is 0.778 bits per heavy atom. The molecule has 7 N–H and O–H groups in total. The predicted molar refractivity (Wildman–Crippen MR) is 26.3 cm³/mol. The van der Waals surface area contributed by atoms with E-state index in [1.165, 1.54) is 0 Å². The van der Waals surface area contributed by atoms with Crippen LogP contribution < -0.4 is 6.15 Å². The highest BCUT2D eigenvalue weighted by molar-refractivity contribution is 5.53. The van der Waals surface area contributed by atoms with Crippen molar-refractivity contribution in [2.45, 2.75) is 0 Å². The maximum atomic E-state index is 8.56. The van der Waals surface area contributed by atoms with Crippen LogP contribution in [0.3, 0.4) is 0 Å². The van der Waals surface area contributed by atoms with Crippen molar-refractivity contribution in [3.63, 3.8) is 0 Å². The smallest absolute Gasteiger partial charge is 0.450 e. The van der Waals surface area contributed by atoms with E-state index in [-0.39, 0.29) is 6.15 Å². The fourth-order valence-electron chi connectivity index (χ4n) is 0. The summed E-state index contributed by atoms with van der Waals surface area (Å²) in [6.45, 7) is 0. The number of hydrogen-bond acceptors (Lipinski definition) is 3. The molecule has 0 aliphatic rings. The lowest BCUT2D eigenvalue weighted by Crippen LogP contribution is -1.81. The molecule has 56 valence electrons. The highest BCUT2D eigenvalue weighted by atomic mass is 16.6. The van der Waals surface area contributed by atoms with Crippen molar-refractivity contribution in [2.24, 2.45) is 0 Å². The second-order valence-electron chi connectivity index (χ2n) is 0.565. The van der Waals surface area contributed by atoms with Gasteiger partial charge in [0.15, 0.2) is 0 Å². The van der Waals surface area contributed by atoms with Crippen molar-refractivity contribution < 1.29 is 30.0 Å². The highest BCUT2D eigenvalue weighted by Gasteiger charge is 1.70. The molecule has 0 aliphatic carbocycles. The van der Waals surface area contributed by atoms with Gasteiger partial charge in [-0.15, -0.1) is 0 Å². The minimum atomic E-state index is -1.83. The molecule has 0 aromatic rings. The summed E-state index contributed by atoms with van der Waals surface area (Å²) in [6.07, 6.45) is -3.67. The Morgan fingerprint density at radius 1 is 0.778 bits per heavy atom. The molecule has 0 bridgehead atoms. The third-order valence-corrected chi connectivity index (χ3v) is 0. The van der Waals surface area contributed by atoms with Crippen molar-refractivity contribution in [2.75, 3.05) is 0 Å². The van der Waals surface area contributed by atoms with Gasteiger partial charge in [0.25, 0.3) is 0 Å². The van der Waals surface area contributed by atoms with Crippen LogP contribution in [0.5, 0.6) is 0 Å². The van der Waals surface area contributed by atoms with Crippen LogP contribution in [0.15, 0.2) is 0 Å². The van der Waals surface area contributed by atoms with Gasteiger partial charge < -0.3 is 26.6 Å². The molecule has 0 heterocycles. The first-order chi connectivity index (χ1) is 3.46. The van der Waals surface area contributed by atoms with Crippen LogP contribution in [0.2, 0.25) is 0 Å². The molecule has 0 fully saturated rings. The fourth-order valence-corrected chi connectivity index (χ4v) is 0. The molecule has 9 heavy (non-hydrogen) atoms. The van der Waals surface area contributed by atoms with Crippen LogP contribution >= 0.6 is 0 Å². The zero-order valence-electron chi connectivity index (χ0n) is 4.31. The molecule has 0 spiro atoms. The summed E-state index contributed by atoms with van der Waals surface area (Å²) < 4.78 is 0. The van der Waals surface area contributed by atoms with Gasteiger partial charge in [0.1, 0.15) is 0 Å². The number of hydrogen-bond donors (Lipinski definition) is 5. The monoisotopic (exact) mass is 141 g/mol. The number of carboxylic acid groups (broad SMARTS) is 4. The summed E-state index contributed by atoms with van der Waals surface area (Å²) >= 11 is 0. The average molecular weight is 141 g/mol. The largest absolute Gasteiger partial charge is 0.503 e. The van der Waals surface area contributed by atoms with Gasteiger partial charge in [0.2, 0.25) is 0 Å². The minimum absolute atomic E-state index is 0. The van der Waals surface area contributed by atoms with Gasteiger partial charge in [-0.3, -0.25) is 0 Å². The molecular formula is C2H7NO6. The Balaban J connectivity index is -0.0000000720. The first kappa shape index (κ1) is 15.6. The van der Waals surface area contributed by atoms with Crippen LogP contribution in [0.25, 0.3) is 0 Å². The van der Waals surface area contributed by atoms with E-state index in [0.29, 0.717) is 0 Å². The van der Waals surface area contributed by atoms with Crippen molar-refractivity contribution in [3.8, 4) is 0 Å². The molecule has 0 amide bonds. The summed E-state index contributed by atoms with van der Waals surface area (Å²) in [4.78, 5) is 17.1. The van der Waals surface area contributed by atoms with Crippen molar-refractivity contribution >= 4 is 12.3 Å². The summed E-state index contributed by atoms with van der Waals surface area (Å²) in [5, 5.41) is 27.9. The van der Waals surface area contributed by atoms with Crippen LogP contribution in [-0.4, -0.2) is 32.7 Å². The topological polar surface area (TPSA) is 150 Å². The number of rotatable bonds is 0. The molecule has 0 aromatic heterocycles. The summed E-state index contributed by atoms with van der Waals surface area (Å²) in [7, 11) is 0. The molecule has 0 aliphatic heterocycles. The first-order valence-corrected chi connectivity index (χ1v) is 1.30. The van der Waals surface area contributed by atoms with E-state index in [1.54, 1.807) is 0 Å². The molecule has 0 atom stereocenters. The van der Waals surface area contributed by atoms with Gasteiger partial charge in [0.05, 0.1) is 0 Å². The third kappa shape index (κ3) is 58.5. The minimum Gasteiger partial charge on any atom is -0.450 e. The zero-order valence-corrected chi connectivity index (χ0v) is 4.31. The predicted octanol–water partition coefficient (Wildman–Crippen LogP) is 0.607. The molecule has 7 nitrogen and oxygen atoms in total. The summed E-state index contributed by atoms with van der Waals surface area (Å²) in [5.41, 5.74) is 0. The zero-order chi connectivity index (χ0) is 7.15. The quantitative estimate of drug-likeness (QED) is 0.331. The lowest BCUT2D eigenvalue weighted by molar-refractivity contribution is 0.135. The van der Waals surface area contributed by atoms with Gasteiger partial charge in [-0.25, -0.2) is 9.59 Å². The van der Waals surface area contributed by atoms with E-state index < -0.39 is 12.3 Å². The standard InChI is InChI=1S/2CH2O3.H3N/c2*2-1(3)4;/h2*(H2,2,3,4);1H3. The molecule has 0 aromatic carbocycles. The van der Waals surface area contributed by atoms with E-state index in [4.69, 9.17) is 30.0 Å². The van der Waals surface area contributed by atoms with Crippen LogP contribution in [0, 0.1) is 0 Å². The normalized spacial score (nSPS) is 5.33. The van der Waals surface area contributed by atoms with Crippen molar-refractivity contribution in [1.82, 2.24) is 6.15 Å². The van der Waals surface area contributed by atoms with Gasteiger partial charge >= 0.3 is 12.3 Å². The van der Waals surface area contributed by atoms with Crippen LogP contribution in [0.4, 0.5) is 9.59 Å². The first-order valence-electron chi connectivity index (χ1n) is 1.30. The van der Waals surface area contributed by atoms with E-state index in [0.717, 1.165) is 0 Å². The van der Waals surface area contributed by atoms with E-state index in [1.807, 2.05) is 0 Å². The second-order valence-corrected chi connectivity index (χ2v) is 0.565. The maximum Gasteiger partial charge on any atom is 0.503 e. The van der Waals surface area contributed by atoms with E-state index in [9.17, 15) is 0 Å². The Bertz CT molecular complexity index is 69.1. The molecule has 7 heteroatoms. The van der Waals surface area contributed by atoms with Gasteiger partial charge in [-0.2, -0.15) is 0 Å². The van der Waals surface area contributed by atoms with Gasteiger partial charge in [-0.05, 0) is 0 Å². The lowest BCUT2D eigenvalue weighted by atomic mass is 11.5. The second kappa shape index (κ2) is 9.71. The van der Waals surface area contributed by atoms with E-state index >= 15 is 0 Å². The van der Waals surface area contributed by atoms with Gasteiger partial charge in [-0.1, -0.05) is 0 Å². The van der Waals surface area contributed by atoms with Gasteiger partial charge in [0, 0.05) is 0 Å². The highest BCUT2D eigenvalue weighted by Crippen LogP contribution is 1.43. The molecule has 0 saturated carbocycles. The summed E-state index contributed by atoms with van der Waals surface area (Å²) in [5.74, 6) is 0. The SMILES string of the molecule is N.O=C(O)O.O=C(O)O. The Hall–Kier alpha value is -1.50. The Kier molecular flexibility index (Phi) is 16.9. The average Bonchev–Trinajstić information content (AvgIpc) is 1.25. The third-order valence-electron chi connectivity index (χ3n) is 0. The van der Waals surface area contributed by atoms with Crippen LogP contribution in [0.1, 0.15) is 0 Å². The molecule has 0 radical (unpaired) electrons. The molecule has 0 rings (SSSR count). The molecule has 0 unspecified atom stereocenters. The summed E-state index contributed by atoms with van der Waals surface area (Å²) in [6, 6.07) is 0. The Morgan fingerprint density at radius 3 is 0.778 bits per heavy atom. The van der Waals surface area contributed by atoms with Crippen LogP contribution in [-0.2, 0) is 0 Å². The number of carbonyl (C=O) groups is 2. The van der Waals surface area contributed by atoms with Crippen molar-refractivity contribution in [3.05, 3.63) is 0 Å².